The van der Waals surface area contributed by atoms with E-state index in [1.165, 1.54) is 0 Å². The number of carbonyl (C=O) groups is 2. The van der Waals surface area contributed by atoms with E-state index in [2.05, 4.69) is 10.6 Å². The molecule has 0 saturated heterocycles. The Labute approximate surface area is 159 Å². The molecular weight excluding hydrogens is 346 g/mol. The third-order valence-corrected chi connectivity index (χ3v) is 3.95. The van der Waals surface area contributed by atoms with Crippen molar-refractivity contribution in [2.75, 3.05) is 33.1 Å². The Morgan fingerprint density at radius 1 is 1.00 bits per heavy atom. The lowest BCUT2D eigenvalue weighted by atomic mass is 10.2. The van der Waals surface area contributed by atoms with Gasteiger partial charge in [0.25, 0.3) is 5.91 Å². The van der Waals surface area contributed by atoms with Crippen LogP contribution in [0.3, 0.4) is 0 Å². The predicted molar refractivity (Wildman–Crippen MR) is 104 cm³/mol. The van der Waals surface area contributed by atoms with Crippen molar-refractivity contribution in [1.29, 1.82) is 0 Å². The third kappa shape index (κ3) is 5.37. The van der Waals surface area contributed by atoms with E-state index in [1.807, 2.05) is 19.1 Å². The SMILES string of the molecule is CCNC(=O)c1ccc(NC(=O)N(C)Cc2ccc(OC)c(OC)c2)cc1. The molecule has 0 bridgehead atoms. The van der Waals surface area contributed by atoms with Gasteiger partial charge in [-0.05, 0) is 48.9 Å². The first-order valence-corrected chi connectivity index (χ1v) is 8.59. The molecule has 0 fully saturated rings. The first kappa shape index (κ1) is 20.1. The number of ether oxygens (including phenoxy) is 2. The Kier molecular flexibility index (Phi) is 7.05. The summed E-state index contributed by atoms with van der Waals surface area (Å²) in [4.78, 5) is 25.7. The molecule has 0 unspecified atom stereocenters. The number of anilines is 1. The Balaban J connectivity index is 1.98. The second kappa shape index (κ2) is 9.47. The van der Waals surface area contributed by atoms with E-state index in [0.717, 1.165) is 5.56 Å². The van der Waals surface area contributed by atoms with Crippen molar-refractivity contribution in [1.82, 2.24) is 10.2 Å². The van der Waals surface area contributed by atoms with Gasteiger partial charge in [0, 0.05) is 31.4 Å². The predicted octanol–water partition coefficient (Wildman–Crippen LogP) is 3.12. The Bertz CT molecular complexity index is 790. The van der Waals surface area contributed by atoms with Gasteiger partial charge in [-0.25, -0.2) is 4.79 Å². The minimum atomic E-state index is -0.254. The summed E-state index contributed by atoms with van der Waals surface area (Å²) in [5.41, 5.74) is 2.08. The molecule has 0 saturated carbocycles. The molecular formula is C20H25N3O4. The number of nitrogens with zero attached hydrogens (tertiary/aromatic N) is 1. The monoisotopic (exact) mass is 371 g/mol. The molecule has 0 heterocycles. The van der Waals surface area contributed by atoms with Crippen LogP contribution in [0.5, 0.6) is 11.5 Å². The van der Waals surface area contributed by atoms with E-state index >= 15 is 0 Å². The maximum Gasteiger partial charge on any atom is 0.321 e. The maximum atomic E-state index is 12.4. The first-order chi connectivity index (χ1) is 13.0. The molecule has 2 rings (SSSR count). The van der Waals surface area contributed by atoms with Crippen LogP contribution in [0, 0.1) is 0 Å². The zero-order valence-electron chi connectivity index (χ0n) is 16.0. The summed E-state index contributed by atoms with van der Waals surface area (Å²) in [6.07, 6.45) is 0. The van der Waals surface area contributed by atoms with Crippen LogP contribution in [0.15, 0.2) is 42.5 Å². The van der Waals surface area contributed by atoms with Crippen LogP contribution < -0.4 is 20.1 Å². The topological polar surface area (TPSA) is 79.9 Å². The minimum Gasteiger partial charge on any atom is -0.493 e. The second-order valence-electron chi connectivity index (χ2n) is 5.91. The van der Waals surface area contributed by atoms with Crippen LogP contribution in [0.25, 0.3) is 0 Å². The number of hydrogen-bond acceptors (Lipinski definition) is 4. The average molecular weight is 371 g/mol. The van der Waals surface area contributed by atoms with Gasteiger partial charge in [0.15, 0.2) is 11.5 Å². The highest BCUT2D eigenvalue weighted by Crippen LogP contribution is 2.28. The Hall–Kier alpha value is -3.22. The smallest absolute Gasteiger partial charge is 0.321 e. The fourth-order valence-electron chi connectivity index (χ4n) is 2.51. The zero-order chi connectivity index (χ0) is 19.8. The van der Waals surface area contributed by atoms with E-state index in [1.54, 1.807) is 56.5 Å². The van der Waals surface area contributed by atoms with Gasteiger partial charge in [0.05, 0.1) is 14.2 Å². The van der Waals surface area contributed by atoms with Crippen molar-refractivity contribution in [2.45, 2.75) is 13.5 Å². The van der Waals surface area contributed by atoms with Crippen molar-refractivity contribution in [2.24, 2.45) is 0 Å². The molecule has 7 heteroatoms. The zero-order valence-corrected chi connectivity index (χ0v) is 16.0. The number of amides is 3. The van der Waals surface area contributed by atoms with Gasteiger partial charge in [-0.1, -0.05) is 6.07 Å². The summed E-state index contributed by atoms with van der Waals surface area (Å²) in [5, 5.41) is 5.54. The number of nitrogens with one attached hydrogen (secondary N) is 2. The minimum absolute atomic E-state index is 0.138. The van der Waals surface area contributed by atoms with E-state index in [-0.39, 0.29) is 11.9 Å². The van der Waals surface area contributed by atoms with Gasteiger partial charge in [-0.2, -0.15) is 0 Å². The van der Waals surface area contributed by atoms with Crippen molar-refractivity contribution in [3.63, 3.8) is 0 Å². The molecule has 0 atom stereocenters. The lowest BCUT2D eigenvalue weighted by Crippen LogP contribution is -2.30. The number of urea groups is 1. The summed E-state index contributed by atoms with van der Waals surface area (Å²) in [6.45, 7) is 2.84. The van der Waals surface area contributed by atoms with Gasteiger partial charge in [0.1, 0.15) is 0 Å². The van der Waals surface area contributed by atoms with Crippen LogP contribution in [0.2, 0.25) is 0 Å². The Morgan fingerprint density at radius 3 is 2.26 bits per heavy atom. The van der Waals surface area contributed by atoms with Crippen molar-refractivity contribution >= 4 is 17.6 Å². The van der Waals surface area contributed by atoms with Crippen LogP contribution in [-0.2, 0) is 6.54 Å². The molecule has 2 N–H and O–H groups in total. The molecule has 3 amide bonds. The van der Waals surface area contributed by atoms with Crippen LogP contribution in [0.1, 0.15) is 22.8 Å². The fraction of sp³-hybridized carbons (Fsp3) is 0.300. The number of hydrogen-bond donors (Lipinski definition) is 2. The van der Waals surface area contributed by atoms with Crippen molar-refractivity contribution < 1.29 is 19.1 Å². The van der Waals surface area contributed by atoms with Crippen LogP contribution >= 0.6 is 0 Å². The molecule has 144 valence electrons. The number of carbonyl (C=O) groups excluding carboxylic acids is 2. The highest BCUT2D eigenvalue weighted by atomic mass is 16.5. The molecule has 0 aliphatic heterocycles. The normalized spacial score (nSPS) is 10.1. The van der Waals surface area contributed by atoms with Gasteiger partial charge >= 0.3 is 6.03 Å². The van der Waals surface area contributed by atoms with Crippen molar-refractivity contribution in [3.8, 4) is 11.5 Å². The summed E-state index contributed by atoms with van der Waals surface area (Å²) < 4.78 is 10.5. The van der Waals surface area contributed by atoms with Gasteiger partial charge < -0.3 is 25.0 Å². The molecule has 0 aliphatic rings. The first-order valence-electron chi connectivity index (χ1n) is 8.59. The quantitative estimate of drug-likeness (QED) is 0.784. The number of benzene rings is 2. The molecule has 2 aromatic carbocycles. The highest BCUT2D eigenvalue weighted by Gasteiger charge is 2.12. The summed E-state index contributed by atoms with van der Waals surface area (Å²) in [7, 11) is 4.85. The van der Waals surface area contributed by atoms with E-state index < -0.39 is 0 Å². The van der Waals surface area contributed by atoms with Gasteiger partial charge in [0.2, 0.25) is 0 Å². The summed E-state index contributed by atoms with van der Waals surface area (Å²) in [5.74, 6) is 1.12. The highest BCUT2D eigenvalue weighted by molar-refractivity contribution is 5.95. The van der Waals surface area contributed by atoms with Gasteiger partial charge in [-0.3, -0.25) is 4.79 Å². The fourth-order valence-corrected chi connectivity index (χ4v) is 2.51. The molecule has 0 radical (unpaired) electrons. The molecule has 7 nitrogen and oxygen atoms in total. The van der Waals surface area contributed by atoms with Crippen molar-refractivity contribution in [3.05, 3.63) is 53.6 Å². The second-order valence-corrected chi connectivity index (χ2v) is 5.91. The molecule has 0 aliphatic carbocycles. The molecule has 2 aromatic rings. The maximum absolute atomic E-state index is 12.4. The number of rotatable bonds is 7. The third-order valence-electron chi connectivity index (χ3n) is 3.95. The van der Waals surface area contributed by atoms with E-state index in [4.69, 9.17) is 9.47 Å². The van der Waals surface area contributed by atoms with Crippen LogP contribution in [-0.4, -0.2) is 44.7 Å². The largest absolute Gasteiger partial charge is 0.493 e. The summed E-state index contributed by atoms with van der Waals surface area (Å²) in [6, 6.07) is 12.0. The van der Waals surface area contributed by atoms with E-state index in [9.17, 15) is 9.59 Å². The molecule has 0 aromatic heterocycles. The van der Waals surface area contributed by atoms with Gasteiger partial charge in [-0.15, -0.1) is 0 Å². The summed E-state index contributed by atoms with van der Waals surface area (Å²) >= 11 is 0. The van der Waals surface area contributed by atoms with E-state index in [0.29, 0.717) is 35.8 Å². The number of methoxy groups -OCH3 is 2. The Morgan fingerprint density at radius 2 is 1.67 bits per heavy atom. The van der Waals surface area contributed by atoms with Crippen LogP contribution in [0.4, 0.5) is 10.5 Å². The average Bonchev–Trinajstić information content (AvgIpc) is 2.68. The standard InChI is InChI=1S/C20H25N3O4/c1-5-21-19(24)15-7-9-16(10-8-15)22-20(25)23(2)13-14-6-11-17(26-3)18(12-14)27-4/h6-12H,5,13H2,1-4H3,(H,21,24)(H,22,25). The molecule has 27 heavy (non-hydrogen) atoms. The lowest BCUT2D eigenvalue weighted by molar-refractivity contribution is 0.0956. The lowest BCUT2D eigenvalue weighted by Gasteiger charge is -2.19. The molecule has 0 spiro atoms.